The van der Waals surface area contributed by atoms with Gasteiger partial charge in [-0.3, -0.25) is 4.79 Å². The maximum atomic E-state index is 13.5. The van der Waals surface area contributed by atoms with Gasteiger partial charge in [-0.1, -0.05) is 43.0 Å². The molecule has 2 aliphatic rings. The SMILES string of the molecule is CC1CC(CN)CN1C(=O)C1(c2cccc(Cl)c2)CCCCC1.Cl. The zero-order valence-electron chi connectivity index (χ0n) is 14.3. The molecule has 1 heterocycles. The van der Waals surface area contributed by atoms with E-state index in [1.807, 2.05) is 18.2 Å². The summed E-state index contributed by atoms with van der Waals surface area (Å²) in [5.41, 5.74) is 6.55. The number of halogens is 2. The van der Waals surface area contributed by atoms with Gasteiger partial charge in [0.2, 0.25) is 5.91 Å². The number of rotatable bonds is 3. The number of nitrogens with two attached hydrogens (primary N) is 1. The Morgan fingerprint density at radius 2 is 2.04 bits per heavy atom. The molecule has 2 unspecified atom stereocenters. The van der Waals surface area contributed by atoms with Crippen LogP contribution >= 0.6 is 24.0 Å². The second-order valence-electron chi connectivity index (χ2n) is 7.30. The first-order valence-electron chi connectivity index (χ1n) is 8.84. The first-order chi connectivity index (χ1) is 11.1. The fraction of sp³-hybridized carbons (Fsp3) is 0.632. The first kappa shape index (κ1) is 19.6. The molecule has 1 aliphatic carbocycles. The maximum Gasteiger partial charge on any atom is 0.233 e. The van der Waals surface area contributed by atoms with Crippen molar-refractivity contribution in [3.05, 3.63) is 34.9 Å². The van der Waals surface area contributed by atoms with Gasteiger partial charge in [-0.05, 0) is 56.3 Å². The van der Waals surface area contributed by atoms with Crippen molar-refractivity contribution in [1.82, 2.24) is 4.90 Å². The van der Waals surface area contributed by atoms with Crippen molar-refractivity contribution in [2.45, 2.75) is 56.9 Å². The van der Waals surface area contributed by atoms with E-state index in [1.54, 1.807) is 0 Å². The molecule has 2 atom stereocenters. The average Bonchev–Trinajstić information content (AvgIpc) is 2.95. The van der Waals surface area contributed by atoms with Crippen LogP contribution in [0.5, 0.6) is 0 Å². The van der Waals surface area contributed by atoms with E-state index in [2.05, 4.69) is 17.9 Å². The summed E-state index contributed by atoms with van der Waals surface area (Å²) in [7, 11) is 0. The summed E-state index contributed by atoms with van der Waals surface area (Å²) in [4.78, 5) is 15.6. The number of hydrogen-bond donors (Lipinski definition) is 1. The van der Waals surface area contributed by atoms with Crippen LogP contribution in [0.4, 0.5) is 0 Å². The lowest BCUT2D eigenvalue weighted by Gasteiger charge is -2.40. The van der Waals surface area contributed by atoms with Crippen LogP contribution in [0.3, 0.4) is 0 Å². The minimum Gasteiger partial charge on any atom is -0.339 e. The van der Waals surface area contributed by atoms with Crippen LogP contribution in [0, 0.1) is 5.92 Å². The molecular weight excluding hydrogens is 343 g/mol. The van der Waals surface area contributed by atoms with Crippen LogP contribution in [0.15, 0.2) is 24.3 Å². The molecule has 1 saturated carbocycles. The summed E-state index contributed by atoms with van der Waals surface area (Å²) < 4.78 is 0. The summed E-state index contributed by atoms with van der Waals surface area (Å²) >= 11 is 6.22. The van der Waals surface area contributed by atoms with E-state index in [-0.39, 0.29) is 23.9 Å². The topological polar surface area (TPSA) is 46.3 Å². The van der Waals surface area contributed by atoms with E-state index >= 15 is 0 Å². The normalized spacial score (nSPS) is 26.0. The second kappa shape index (κ2) is 8.07. The molecule has 1 aromatic carbocycles. The van der Waals surface area contributed by atoms with Crippen molar-refractivity contribution in [1.29, 1.82) is 0 Å². The van der Waals surface area contributed by atoms with E-state index in [9.17, 15) is 4.79 Å². The maximum absolute atomic E-state index is 13.5. The van der Waals surface area contributed by atoms with Crippen LogP contribution < -0.4 is 5.73 Å². The largest absolute Gasteiger partial charge is 0.339 e. The summed E-state index contributed by atoms with van der Waals surface area (Å²) in [5.74, 6) is 0.733. The Balaban J connectivity index is 0.00000208. The minimum absolute atomic E-state index is 0. The fourth-order valence-corrected chi connectivity index (χ4v) is 4.63. The molecule has 0 spiro atoms. The molecule has 3 rings (SSSR count). The predicted molar refractivity (Wildman–Crippen MR) is 102 cm³/mol. The number of carbonyl (C=O) groups is 1. The molecule has 3 nitrogen and oxygen atoms in total. The van der Waals surface area contributed by atoms with Crippen LogP contribution in [0.25, 0.3) is 0 Å². The van der Waals surface area contributed by atoms with Crippen molar-refractivity contribution < 1.29 is 4.79 Å². The predicted octanol–water partition coefficient (Wildman–Crippen LogP) is 4.16. The van der Waals surface area contributed by atoms with Crippen molar-refractivity contribution in [2.24, 2.45) is 11.7 Å². The summed E-state index contributed by atoms with van der Waals surface area (Å²) in [6, 6.07) is 8.21. The fourth-order valence-electron chi connectivity index (χ4n) is 4.44. The van der Waals surface area contributed by atoms with Gasteiger partial charge in [-0.25, -0.2) is 0 Å². The molecule has 0 radical (unpaired) electrons. The molecule has 2 N–H and O–H groups in total. The molecule has 1 aromatic rings. The number of likely N-dealkylation sites (tertiary alicyclic amines) is 1. The lowest BCUT2D eigenvalue weighted by molar-refractivity contribution is -0.139. The van der Waals surface area contributed by atoms with Crippen LogP contribution in [0.2, 0.25) is 5.02 Å². The van der Waals surface area contributed by atoms with Gasteiger partial charge < -0.3 is 10.6 Å². The number of benzene rings is 1. The monoisotopic (exact) mass is 370 g/mol. The van der Waals surface area contributed by atoms with Crippen molar-refractivity contribution in [2.75, 3.05) is 13.1 Å². The second-order valence-corrected chi connectivity index (χ2v) is 7.73. The highest BCUT2D eigenvalue weighted by Crippen LogP contribution is 2.43. The number of amides is 1. The molecule has 0 aromatic heterocycles. The summed E-state index contributed by atoms with van der Waals surface area (Å²) in [6.07, 6.45) is 6.33. The Kier molecular flexibility index (Phi) is 6.58. The molecule has 0 bridgehead atoms. The Morgan fingerprint density at radius 1 is 1.33 bits per heavy atom. The van der Waals surface area contributed by atoms with Gasteiger partial charge in [-0.2, -0.15) is 0 Å². The van der Waals surface area contributed by atoms with E-state index in [1.165, 1.54) is 6.42 Å². The molecule has 1 amide bonds. The molecule has 5 heteroatoms. The highest BCUT2D eigenvalue weighted by Gasteiger charge is 2.46. The van der Waals surface area contributed by atoms with Gasteiger partial charge >= 0.3 is 0 Å². The molecule has 134 valence electrons. The van der Waals surface area contributed by atoms with Crippen molar-refractivity contribution >= 4 is 29.9 Å². The van der Waals surface area contributed by atoms with Crippen LogP contribution in [-0.2, 0) is 10.2 Å². The quantitative estimate of drug-likeness (QED) is 0.867. The van der Waals surface area contributed by atoms with E-state index < -0.39 is 0 Å². The number of hydrogen-bond acceptors (Lipinski definition) is 2. The van der Waals surface area contributed by atoms with E-state index in [0.717, 1.165) is 49.2 Å². The number of nitrogens with zero attached hydrogens (tertiary/aromatic N) is 1. The van der Waals surface area contributed by atoms with E-state index in [4.69, 9.17) is 17.3 Å². The number of carbonyl (C=O) groups excluding carboxylic acids is 1. The average molecular weight is 371 g/mol. The Morgan fingerprint density at radius 3 is 2.62 bits per heavy atom. The molecule has 24 heavy (non-hydrogen) atoms. The van der Waals surface area contributed by atoms with Gasteiger partial charge in [0.1, 0.15) is 0 Å². The lowest BCUT2D eigenvalue weighted by atomic mass is 9.68. The summed E-state index contributed by atoms with van der Waals surface area (Å²) in [5, 5.41) is 0.717. The third-order valence-electron chi connectivity index (χ3n) is 5.75. The highest BCUT2D eigenvalue weighted by atomic mass is 35.5. The lowest BCUT2D eigenvalue weighted by Crippen LogP contribution is -2.49. The zero-order valence-corrected chi connectivity index (χ0v) is 15.9. The van der Waals surface area contributed by atoms with Gasteiger partial charge in [0.05, 0.1) is 5.41 Å². The minimum atomic E-state index is -0.388. The molecule has 2 fully saturated rings. The third kappa shape index (κ3) is 3.58. The van der Waals surface area contributed by atoms with Crippen molar-refractivity contribution in [3.63, 3.8) is 0 Å². The van der Waals surface area contributed by atoms with Gasteiger partial charge in [-0.15, -0.1) is 12.4 Å². The Hall–Kier alpha value is -0.770. The van der Waals surface area contributed by atoms with Crippen LogP contribution in [-0.4, -0.2) is 29.9 Å². The molecule has 1 aliphatic heterocycles. The smallest absolute Gasteiger partial charge is 0.233 e. The van der Waals surface area contributed by atoms with Gasteiger partial charge in [0.15, 0.2) is 0 Å². The Labute approximate surface area is 156 Å². The Bertz CT molecular complexity index is 572. The third-order valence-corrected chi connectivity index (χ3v) is 5.98. The first-order valence-corrected chi connectivity index (χ1v) is 9.22. The zero-order chi connectivity index (χ0) is 16.4. The van der Waals surface area contributed by atoms with Gasteiger partial charge in [0, 0.05) is 17.6 Å². The van der Waals surface area contributed by atoms with Crippen molar-refractivity contribution in [3.8, 4) is 0 Å². The standard InChI is InChI=1S/C19H27ClN2O.ClH/c1-14-10-15(12-21)13-22(14)18(23)19(8-3-2-4-9-19)16-6-5-7-17(20)11-16;/h5-7,11,14-15H,2-4,8-10,12-13,21H2,1H3;1H. The highest BCUT2D eigenvalue weighted by molar-refractivity contribution is 6.30. The van der Waals surface area contributed by atoms with E-state index in [0.29, 0.717) is 18.4 Å². The van der Waals surface area contributed by atoms with Crippen LogP contribution in [0.1, 0.15) is 51.0 Å². The van der Waals surface area contributed by atoms with Gasteiger partial charge in [0.25, 0.3) is 0 Å². The molecule has 1 saturated heterocycles. The molecular formula is C19H28Cl2N2O. The summed E-state index contributed by atoms with van der Waals surface area (Å²) in [6.45, 7) is 3.62.